The molecule has 29 heavy (non-hydrogen) atoms. The number of esters is 1. The lowest BCUT2D eigenvalue weighted by Gasteiger charge is -2.49. The van der Waals surface area contributed by atoms with Crippen LogP contribution in [0.15, 0.2) is 35.8 Å². The van der Waals surface area contributed by atoms with E-state index in [1.165, 1.54) is 35.6 Å². The fourth-order valence-electron chi connectivity index (χ4n) is 3.11. The van der Waals surface area contributed by atoms with Gasteiger partial charge in [-0.2, -0.15) is 0 Å². The first-order valence-corrected chi connectivity index (χ1v) is 9.46. The number of rotatable bonds is 7. The number of thioether (sulfide) groups is 1. The Morgan fingerprint density at radius 3 is 2.48 bits per heavy atom. The zero-order valence-electron chi connectivity index (χ0n) is 15.1. The number of β-lactam (4-membered cyclic amide) rings is 1. The van der Waals surface area contributed by atoms with Crippen molar-refractivity contribution in [1.29, 1.82) is 0 Å². The van der Waals surface area contributed by atoms with Gasteiger partial charge in [-0.3, -0.25) is 19.3 Å². The summed E-state index contributed by atoms with van der Waals surface area (Å²) in [6.45, 7) is 0.927. The molecule has 3 rings (SSSR count). The summed E-state index contributed by atoms with van der Waals surface area (Å²) in [5.41, 5.74) is -0.0199. The zero-order chi connectivity index (χ0) is 21.3. The lowest BCUT2D eigenvalue weighted by atomic mass is 10.0. The molecule has 3 N–H and O–H groups in total. The van der Waals surface area contributed by atoms with Crippen LogP contribution in [0.3, 0.4) is 0 Å². The maximum Gasteiger partial charge on any atom is 0.352 e. The summed E-state index contributed by atoms with van der Waals surface area (Å²) in [6, 6.07) is 0.500. The van der Waals surface area contributed by atoms with Crippen molar-refractivity contribution in [3.63, 3.8) is 0 Å². The van der Waals surface area contributed by atoms with Crippen molar-refractivity contribution in [2.24, 2.45) is 0 Å². The first-order chi connectivity index (χ1) is 13.7. The third-order valence-corrected chi connectivity index (χ3v) is 5.74. The summed E-state index contributed by atoms with van der Waals surface area (Å²) in [5.74, 6) is -4.72. The number of ether oxygens (including phenoxy) is 1. The Hall–Kier alpha value is -3.28. The second-order valence-corrected chi connectivity index (χ2v) is 7.41. The van der Waals surface area contributed by atoms with Crippen LogP contribution in [0.25, 0.3) is 0 Å². The first kappa shape index (κ1) is 20.5. The Labute approximate surface area is 168 Å². The van der Waals surface area contributed by atoms with Gasteiger partial charge in [0.1, 0.15) is 23.7 Å². The number of carboxylic acid groups (broad SMARTS) is 2. The molecule has 2 amide bonds. The molecule has 0 bridgehead atoms. The molecule has 1 aromatic heterocycles. The van der Waals surface area contributed by atoms with E-state index in [1.807, 2.05) is 0 Å². The van der Waals surface area contributed by atoms with Crippen molar-refractivity contribution in [2.75, 3.05) is 12.4 Å². The second kappa shape index (κ2) is 7.99. The molecule has 3 unspecified atom stereocenters. The normalized spacial score (nSPS) is 21.7. The summed E-state index contributed by atoms with van der Waals surface area (Å²) in [5, 5.41) is 20.6. The van der Waals surface area contributed by atoms with Crippen LogP contribution in [-0.2, 0) is 28.7 Å². The molecule has 154 valence electrons. The van der Waals surface area contributed by atoms with Crippen LogP contribution in [0, 0.1) is 0 Å². The molecule has 1 fully saturated rings. The van der Waals surface area contributed by atoms with Gasteiger partial charge in [0, 0.05) is 30.6 Å². The van der Waals surface area contributed by atoms with E-state index in [-0.39, 0.29) is 23.6 Å². The van der Waals surface area contributed by atoms with Crippen LogP contribution >= 0.6 is 11.8 Å². The molecule has 0 spiro atoms. The summed E-state index contributed by atoms with van der Waals surface area (Å²) < 4.78 is 6.03. The van der Waals surface area contributed by atoms with Crippen LogP contribution in [0.2, 0.25) is 0 Å². The van der Waals surface area contributed by atoms with Gasteiger partial charge in [-0.25, -0.2) is 9.59 Å². The number of carboxylic acids is 2. The lowest BCUT2D eigenvalue weighted by molar-refractivity contribution is -0.153. The summed E-state index contributed by atoms with van der Waals surface area (Å²) >= 11 is 1.19. The summed E-state index contributed by atoms with van der Waals surface area (Å²) in [7, 11) is 0. The molecule has 2 aliphatic heterocycles. The van der Waals surface area contributed by atoms with Crippen LogP contribution < -0.4 is 5.32 Å². The Morgan fingerprint density at radius 1 is 1.28 bits per heavy atom. The maximum absolute atomic E-state index is 12.5. The van der Waals surface area contributed by atoms with Crippen molar-refractivity contribution in [2.45, 2.75) is 24.4 Å². The van der Waals surface area contributed by atoms with Gasteiger partial charge >= 0.3 is 17.9 Å². The first-order valence-electron chi connectivity index (χ1n) is 8.41. The monoisotopic (exact) mass is 423 g/mol. The van der Waals surface area contributed by atoms with Crippen LogP contribution in [0.5, 0.6) is 0 Å². The molecular weight excluding hydrogens is 406 g/mol. The van der Waals surface area contributed by atoms with Gasteiger partial charge in [-0.15, -0.1) is 11.8 Å². The number of carbonyl (C=O) groups excluding carboxylic acids is 3. The van der Waals surface area contributed by atoms with Gasteiger partial charge < -0.3 is 24.8 Å². The molecule has 0 aromatic carbocycles. The van der Waals surface area contributed by atoms with Gasteiger partial charge in [0.05, 0.1) is 0 Å². The highest BCUT2D eigenvalue weighted by Crippen LogP contribution is 2.40. The van der Waals surface area contributed by atoms with Crippen molar-refractivity contribution >= 4 is 41.5 Å². The van der Waals surface area contributed by atoms with Crippen molar-refractivity contribution < 1.29 is 38.9 Å². The second-order valence-electron chi connectivity index (χ2n) is 6.30. The van der Waals surface area contributed by atoms with E-state index in [2.05, 4.69) is 5.32 Å². The van der Waals surface area contributed by atoms with Gasteiger partial charge in [-0.1, -0.05) is 0 Å². The maximum atomic E-state index is 12.5. The molecular formula is C17H17N3O8S. The number of aromatic nitrogens is 1. The molecule has 3 atom stereocenters. The molecule has 0 saturated carbocycles. The number of nitrogens with zero attached hydrogens (tertiary/aromatic N) is 2. The van der Waals surface area contributed by atoms with Crippen LogP contribution in [-0.4, -0.2) is 73.2 Å². The molecule has 12 heteroatoms. The topological polar surface area (TPSA) is 155 Å². The Bertz CT molecular complexity index is 910. The van der Waals surface area contributed by atoms with E-state index < -0.39 is 47.2 Å². The minimum absolute atomic E-state index is 0.176. The quantitative estimate of drug-likeness (QED) is 0.296. The lowest BCUT2D eigenvalue weighted by Crippen LogP contribution is -2.71. The minimum atomic E-state index is -1.56. The Kier molecular flexibility index (Phi) is 5.64. The van der Waals surface area contributed by atoms with Crippen molar-refractivity contribution in [1.82, 2.24) is 14.8 Å². The molecule has 1 saturated heterocycles. The van der Waals surface area contributed by atoms with E-state index in [4.69, 9.17) is 4.74 Å². The SMILES string of the molecule is CC(=O)OCC1=C(C(=O)O)N2C(=O)C(NC(=O)C(C(=O)O)n3cccc3)C2SC1. The number of nitrogens with one attached hydrogen (secondary N) is 1. The minimum Gasteiger partial charge on any atom is -0.479 e. The van der Waals surface area contributed by atoms with E-state index in [0.29, 0.717) is 0 Å². The predicted octanol–water partition coefficient (Wildman–Crippen LogP) is -0.584. The molecule has 0 radical (unpaired) electrons. The molecule has 3 heterocycles. The number of amides is 2. The number of hydrogen-bond donors (Lipinski definition) is 3. The summed E-state index contributed by atoms with van der Waals surface area (Å²) in [4.78, 5) is 60.2. The average Bonchev–Trinajstić information content (AvgIpc) is 3.17. The fourth-order valence-corrected chi connectivity index (χ4v) is 4.44. The number of carbonyl (C=O) groups is 5. The zero-order valence-corrected chi connectivity index (χ0v) is 15.9. The van der Waals surface area contributed by atoms with Crippen molar-refractivity contribution in [3.05, 3.63) is 35.8 Å². The number of hydrogen-bond acceptors (Lipinski definition) is 7. The van der Waals surface area contributed by atoms with Gasteiger partial charge in [0.2, 0.25) is 6.04 Å². The third kappa shape index (κ3) is 3.83. The average molecular weight is 423 g/mol. The molecule has 2 aliphatic rings. The molecule has 0 aliphatic carbocycles. The molecule has 1 aromatic rings. The van der Waals surface area contributed by atoms with E-state index in [9.17, 15) is 34.2 Å². The standard InChI is InChI=1S/C17H17N3O8S/c1-8(21)28-6-9-7-29-15-10(14(23)20(15)11(9)16(24)25)18-13(22)12(17(26)27)19-4-2-3-5-19/h2-5,10,12,15H,6-7H2,1H3,(H,18,22)(H,24,25)(H,26,27). The van der Waals surface area contributed by atoms with Crippen LogP contribution in [0.1, 0.15) is 13.0 Å². The highest BCUT2D eigenvalue weighted by molar-refractivity contribution is 8.00. The summed E-state index contributed by atoms with van der Waals surface area (Å²) in [6.07, 6.45) is 2.82. The van der Waals surface area contributed by atoms with Gasteiger partial charge in [0.25, 0.3) is 11.8 Å². The van der Waals surface area contributed by atoms with Gasteiger partial charge in [-0.05, 0) is 12.1 Å². The molecule has 11 nitrogen and oxygen atoms in total. The van der Waals surface area contributed by atoms with E-state index in [1.54, 1.807) is 12.1 Å². The third-order valence-electron chi connectivity index (χ3n) is 4.41. The largest absolute Gasteiger partial charge is 0.479 e. The highest BCUT2D eigenvalue weighted by Gasteiger charge is 2.54. The fraction of sp³-hybridized carbons (Fsp3) is 0.353. The smallest absolute Gasteiger partial charge is 0.352 e. The number of aliphatic carboxylic acids is 2. The highest BCUT2D eigenvalue weighted by atomic mass is 32.2. The van der Waals surface area contributed by atoms with Crippen molar-refractivity contribution in [3.8, 4) is 0 Å². The van der Waals surface area contributed by atoms with E-state index >= 15 is 0 Å². The number of fused-ring (bicyclic) bond motifs is 1. The Morgan fingerprint density at radius 2 is 1.93 bits per heavy atom. The van der Waals surface area contributed by atoms with Gasteiger partial charge in [0.15, 0.2) is 0 Å². The van der Waals surface area contributed by atoms with E-state index in [0.717, 1.165) is 4.90 Å². The van der Waals surface area contributed by atoms with Crippen LogP contribution in [0.4, 0.5) is 0 Å². The Balaban J connectivity index is 1.77. The predicted molar refractivity (Wildman–Crippen MR) is 97.4 cm³/mol.